The van der Waals surface area contributed by atoms with Gasteiger partial charge < -0.3 is 4.74 Å². The molecule has 0 aromatic heterocycles. The molecule has 0 bridgehead atoms. The van der Waals surface area contributed by atoms with Crippen molar-refractivity contribution in [3.8, 4) is 6.07 Å². The van der Waals surface area contributed by atoms with Crippen LogP contribution in [0.1, 0.15) is 31.2 Å². The summed E-state index contributed by atoms with van der Waals surface area (Å²) >= 11 is 0. The zero-order valence-corrected chi connectivity index (χ0v) is 12.6. The van der Waals surface area contributed by atoms with Crippen molar-refractivity contribution in [3.05, 3.63) is 59.5 Å². The summed E-state index contributed by atoms with van der Waals surface area (Å²) in [6.07, 6.45) is 8.30. The molecule has 2 nitrogen and oxygen atoms in total. The summed E-state index contributed by atoms with van der Waals surface area (Å²) in [5.41, 5.74) is 0.614. The quantitative estimate of drug-likeness (QED) is 0.566. The first-order valence-electron chi connectivity index (χ1n) is 7.58. The monoisotopic (exact) mass is 321 g/mol. The van der Waals surface area contributed by atoms with E-state index in [1.807, 2.05) is 6.08 Å². The van der Waals surface area contributed by atoms with Gasteiger partial charge in [0, 0.05) is 0 Å². The lowest BCUT2D eigenvalue weighted by molar-refractivity contribution is 0.0109. The van der Waals surface area contributed by atoms with Gasteiger partial charge in [0.2, 0.25) is 0 Å². The number of halogens is 3. The highest BCUT2D eigenvalue weighted by molar-refractivity contribution is 5.19. The van der Waals surface area contributed by atoms with Crippen LogP contribution in [0.5, 0.6) is 0 Å². The molecular weight excluding hydrogens is 303 g/mol. The molecule has 1 fully saturated rings. The normalized spacial score (nSPS) is 22.3. The number of rotatable bonds is 5. The summed E-state index contributed by atoms with van der Waals surface area (Å²) in [6.45, 7) is 0.262. The topological polar surface area (TPSA) is 33.0 Å². The molecule has 0 unspecified atom stereocenters. The summed E-state index contributed by atoms with van der Waals surface area (Å²) in [7, 11) is 0. The van der Waals surface area contributed by atoms with Crippen molar-refractivity contribution in [2.24, 2.45) is 5.92 Å². The maximum absolute atomic E-state index is 13.1. The van der Waals surface area contributed by atoms with Crippen LogP contribution in [-0.2, 0) is 11.3 Å². The van der Waals surface area contributed by atoms with Gasteiger partial charge in [0.1, 0.15) is 6.07 Å². The molecule has 0 heterocycles. The van der Waals surface area contributed by atoms with Crippen molar-refractivity contribution in [3.63, 3.8) is 0 Å². The van der Waals surface area contributed by atoms with Crippen LogP contribution in [0, 0.1) is 28.9 Å². The predicted molar refractivity (Wildman–Crippen MR) is 80.8 cm³/mol. The molecule has 2 rings (SSSR count). The molecule has 0 amide bonds. The first kappa shape index (κ1) is 17.3. The zero-order chi connectivity index (χ0) is 16.7. The Morgan fingerprint density at radius 3 is 2.61 bits per heavy atom. The summed E-state index contributed by atoms with van der Waals surface area (Å²) in [5, 5.41) is 8.30. The van der Waals surface area contributed by atoms with Crippen molar-refractivity contribution in [2.45, 2.75) is 38.4 Å². The lowest BCUT2D eigenvalue weighted by Crippen LogP contribution is -2.20. The van der Waals surface area contributed by atoms with Crippen molar-refractivity contribution < 1.29 is 17.9 Å². The molecule has 1 aliphatic rings. The van der Waals surface area contributed by atoms with E-state index in [2.05, 4.69) is 0 Å². The van der Waals surface area contributed by atoms with Crippen molar-refractivity contribution in [1.29, 1.82) is 5.26 Å². The smallest absolute Gasteiger partial charge is 0.199 e. The highest BCUT2D eigenvalue weighted by Gasteiger charge is 2.20. The van der Waals surface area contributed by atoms with E-state index in [0.29, 0.717) is 11.5 Å². The average Bonchev–Trinajstić information content (AvgIpc) is 2.57. The molecular formula is C18H18F3NO. The fourth-order valence-electron chi connectivity index (χ4n) is 2.63. The molecule has 1 aromatic rings. The van der Waals surface area contributed by atoms with E-state index in [1.54, 1.807) is 6.08 Å². The number of nitrogens with zero attached hydrogens (tertiary/aromatic N) is 1. The molecule has 0 saturated heterocycles. The van der Waals surface area contributed by atoms with Gasteiger partial charge in [0.25, 0.3) is 0 Å². The van der Waals surface area contributed by atoms with E-state index < -0.39 is 17.5 Å². The van der Waals surface area contributed by atoms with Gasteiger partial charge in [0.15, 0.2) is 17.5 Å². The Morgan fingerprint density at radius 1 is 1.22 bits per heavy atom. The Bertz CT molecular complexity index is 626. The second-order valence-electron chi connectivity index (χ2n) is 5.61. The molecule has 1 aliphatic carbocycles. The molecule has 5 heteroatoms. The number of benzene rings is 1. The fraction of sp³-hybridized carbons (Fsp3) is 0.389. The van der Waals surface area contributed by atoms with Gasteiger partial charge in [-0.3, -0.25) is 0 Å². The third-order valence-electron chi connectivity index (χ3n) is 3.92. The number of ether oxygens (including phenoxy) is 1. The minimum Gasteiger partial charge on any atom is -0.374 e. The van der Waals surface area contributed by atoms with E-state index in [9.17, 15) is 13.2 Å². The Kier molecular flexibility index (Phi) is 6.42. The average molecular weight is 321 g/mol. The molecule has 122 valence electrons. The van der Waals surface area contributed by atoms with Gasteiger partial charge in [-0.1, -0.05) is 18.2 Å². The van der Waals surface area contributed by atoms with Crippen LogP contribution in [0.2, 0.25) is 0 Å². The van der Waals surface area contributed by atoms with Gasteiger partial charge in [-0.2, -0.15) is 9.65 Å². The maximum atomic E-state index is 13.1. The molecule has 0 atom stereocenters. The van der Waals surface area contributed by atoms with Crippen LogP contribution in [-0.4, -0.2) is 6.10 Å². The molecule has 1 saturated carbocycles. The Morgan fingerprint density at radius 2 is 1.96 bits per heavy atom. The van der Waals surface area contributed by atoms with E-state index in [4.69, 9.17) is 10.00 Å². The van der Waals surface area contributed by atoms with E-state index in [0.717, 1.165) is 43.9 Å². The summed E-state index contributed by atoms with van der Waals surface area (Å²) < 4.78 is 44.3. The molecule has 1 aromatic carbocycles. The van der Waals surface area contributed by atoms with Crippen LogP contribution < -0.4 is 0 Å². The number of hydrogen-bond donors (Lipinski definition) is 0. The molecule has 0 spiro atoms. The van der Waals surface area contributed by atoms with Gasteiger partial charge in [-0.25, -0.2) is 8.78 Å². The number of nitriles is 1. The Labute approximate surface area is 133 Å². The molecule has 0 radical (unpaired) electrons. The minimum atomic E-state index is -0.863. The second-order valence-corrected chi connectivity index (χ2v) is 5.61. The standard InChI is InChI=1S/C18H18F3NO/c19-15(11-22)3-1-2-13-4-7-16(8-5-13)23-12-14-6-9-17(20)18(21)10-14/h1-3,6,9-10,13,16H,4-5,7-8,12H2/b2-1+,15-3-. The summed E-state index contributed by atoms with van der Waals surface area (Å²) in [6, 6.07) is 5.19. The largest absolute Gasteiger partial charge is 0.374 e. The summed E-state index contributed by atoms with van der Waals surface area (Å²) in [5.74, 6) is -2.17. The van der Waals surface area contributed by atoms with Gasteiger partial charge >= 0.3 is 0 Å². The number of allylic oxidation sites excluding steroid dienone is 4. The van der Waals surface area contributed by atoms with E-state index in [-0.39, 0.29) is 12.7 Å². The van der Waals surface area contributed by atoms with Crippen molar-refractivity contribution >= 4 is 0 Å². The third kappa shape index (κ3) is 5.57. The van der Waals surface area contributed by atoms with Crippen LogP contribution in [0.4, 0.5) is 13.2 Å². The highest BCUT2D eigenvalue weighted by Crippen LogP contribution is 2.28. The van der Waals surface area contributed by atoms with Crippen molar-refractivity contribution in [1.82, 2.24) is 0 Å². The van der Waals surface area contributed by atoms with Gasteiger partial charge in [-0.15, -0.1) is 0 Å². The number of hydrogen-bond acceptors (Lipinski definition) is 2. The van der Waals surface area contributed by atoms with Gasteiger partial charge in [-0.05, 0) is 55.4 Å². The maximum Gasteiger partial charge on any atom is 0.199 e. The van der Waals surface area contributed by atoms with E-state index >= 15 is 0 Å². The zero-order valence-electron chi connectivity index (χ0n) is 12.6. The van der Waals surface area contributed by atoms with Crippen LogP contribution >= 0.6 is 0 Å². The molecule has 0 aliphatic heterocycles. The lowest BCUT2D eigenvalue weighted by Gasteiger charge is -2.26. The Balaban J connectivity index is 1.74. The SMILES string of the molecule is N#C/C(F)=C/C=C/C1CCC(OCc2ccc(F)c(F)c2)CC1. The first-order valence-corrected chi connectivity index (χ1v) is 7.58. The lowest BCUT2D eigenvalue weighted by atomic mass is 9.87. The highest BCUT2D eigenvalue weighted by atomic mass is 19.2. The third-order valence-corrected chi connectivity index (χ3v) is 3.92. The fourth-order valence-corrected chi connectivity index (χ4v) is 2.63. The van der Waals surface area contributed by atoms with Crippen molar-refractivity contribution in [2.75, 3.05) is 0 Å². The minimum absolute atomic E-state index is 0.0964. The second kappa shape index (κ2) is 8.54. The predicted octanol–water partition coefficient (Wildman–Crippen LogP) is 4.97. The molecule has 0 N–H and O–H groups in total. The summed E-state index contributed by atoms with van der Waals surface area (Å²) in [4.78, 5) is 0. The van der Waals surface area contributed by atoms with Crippen LogP contribution in [0.15, 0.2) is 42.3 Å². The molecule has 23 heavy (non-hydrogen) atoms. The van der Waals surface area contributed by atoms with E-state index in [1.165, 1.54) is 12.1 Å². The van der Waals surface area contributed by atoms with Crippen LogP contribution in [0.25, 0.3) is 0 Å². The first-order chi connectivity index (χ1) is 11.1. The Hall–Kier alpha value is -2.06. The van der Waals surface area contributed by atoms with Gasteiger partial charge in [0.05, 0.1) is 12.7 Å². The van der Waals surface area contributed by atoms with Crippen LogP contribution in [0.3, 0.4) is 0 Å².